The zero-order valence-corrected chi connectivity index (χ0v) is 12.8. The number of hydrogen-bond donors (Lipinski definition) is 4. The van der Waals surface area contributed by atoms with Crippen LogP contribution in [0.2, 0.25) is 0 Å². The van der Waals surface area contributed by atoms with E-state index >= 15 is 0 Å². The van der Waals surface area contributed by atoms with Crippen molar-refractivity contribution < 1.29 is 9.59 Å². The second-order valence-corrected chi connectivity index (χ2v) is 5.68. The molecular formula is C14H21N5O4. The molecule has 0 bridgehead atoms. The molecular weight excluding hydrogens is 302 g/mol. The lowest BCUT2D eigenvalue weighted by Gasteiger charge is -2.30. The summed E-state index contributed by atoms with van der Waals surface area (Å²) in [6, 6.07) is 0. The molecule has 126 valence electrons. The zero-order valence-electron chi connectivity index (χ0n) is 12.8. The Morgan fingerprint density at radius 2 is 2.17 bits per heavy atom. The fraction of sp³-hybridized carbons (Fsp3) is 0.571. The average molecular weight is 323 g/mol. The Labute approximate surface area is 132 Å². The summed E-state index contributed by atoms with van der Waals surface area (Å²) >= 11 is 0. The molecule has 1 aliphatic rings. The van der Waals surface area contributed by atoms with Crippen LogP contribution in [0, 0.1) is 5.92 Å². The molecule has 1 saturated heterocycles. The van der Waals surface area contributed by atoms with Gasteiger partial charge in [0.05, 0.1) is 12.5 Å². The van der Waals surface area contributed by atoms with Crippen molar-refractivity contribution >= 4 is 11.8 Å². The highest BCUT2D eigenvalue weighted by molar-refractivity contribution is 5.79. The molecule has 1 atom stereocenters. The van der Waals surface area contributed by atoms with Crippen LogP contribution in [0.25, 0.3) is 0 Å². The van der Waals surface area contributed by atoms with Gasteiger partial charge in [0.2, 0.25) is 11.8 Å². The first-order valence-corrected chi connectivity index (χ1v) is 7.55. The van der Waals surface area contributed by atoms with Crippen LogP contribution in [0.3, 0.4) is 0 Å². The normalized spacial score (nSPS) is 18.5. The van der Waals surface area contributed by atoms with Crippen molar-refractivity contribution in [1.82, 2.24) is 20.2 Å². The van der Waals surface area contributed by atoms with Crippen molar-refractivity contribution in [2.75, 3.05) is 26.2 Å². The van der Waals surface area contributed by atoms with Crippen molar-refractivity contribution in [3.8, 4) is 0 Å². The fourth-order valence-electron chi connectivity index (χ4n) is 2.72. The number of nitrogens with one attached hydrogen (secondary N) is 3. The van der Waals surface area contributed by atoms with Crippen LogP contribution in [0.5, 0.6) is 0 Å². The summed E-state index contributed by atoms with van der Waals surface area (Å²) in [4.78, 5) is 52.0. The molecule has 1 fully saturated rings. The Bertz CT molecular complexity index is 680. The molecule has 1 unspecified atom stereocenters. The summed E-state index contributed by atoms with van der Waals surface area (Å²) < 4.78 is 0. The predicted molar refractivity (Wildman–Crippen MR) is 82.8 cm³/mol. The molecule has 0 radical (unpaired) electrons. The van der Waals surface area contributed by atoms with Crippen LogP contribution in [0.1, 0.15) is 18.4 Å². The number of carbonyl (C=O) groups excluding carboxylic acids is 2. The minimum Gasteiger partial charge on any atom is -0.369 e. The predicted octanol–water partition coefficient (Wildman–Crippen LogP) is -2.08. The van der Waals surface area contributed by atoms with E-state index in [0.717, 1.165) is 19.4 Å². The number of H-pyrrole nitrogens is 2. The number of amides is 2. The van der Waals surface area contributed by atoms with Crippen LogP contribution in [0.4, 0.5) is 0 Å². The lowest BCUT2D eigenvalue weighted by molar-refractivity contribution is -0.128. The Balaban J connectivity index is 1.81. The Kier molecular flexibility index (Phi) is 5.69. The first kappa shape index (κ1) is 16.9. The van der Waals surface area contributed by atoms with E-state index in [1.54, 1.807) is 0 Å². The highest BCUT2D eigenvalue weighted by Crippen LogP contribution is 2.16. The van der Waals surface area contributed by atoms with E-state index in [0.29, 0.717) is 25.1 Å². The standard InChI is InChI=1S/C14H21N5O4/c15-11(20)8-19-5-1-2-10(7-19)12(21)16-4-3-9-6-17-14(23)18-13(9)22/h6,10H,1-5,7-8H2,(H2,15,20)(H,16,21)(H2,17,18,22,23). The Hall–Kier alpha value is -2.42. The van der Waals surface area contributed by atoms with Crippen LogP contribution in [0.15, 0.2) is 15.8 Å². The van der Waals surface area contributed by atoms with Crippen molar-refractivity contribution in [1.29, 1.82) is 0 Å². The zero-order chi connectivity index (χ0) is 16.8. The number of hydrogen-bond acceptors (Lipinski definition) is 5. The number of rotatable bonds is 6. The monoisotopic (exact) mass is 323 g/mol. The van der Waals surface area contributed by atoms with Crippen molar-refractivity contribution in [2.45, 2.75) is 19.3 Å². The van der Waals surface area contributed by atoms with Gasteiger partial charge in [-0.15, -0.1) is 0 Å². The molecule has 0 aliphatic carbocycles. The van der Waals surface area contributed by atoms with Gasteiger partial charge in [0, 0.05) is 24.8 Å². The highest BCUT2D eigenvalue weighted by Gasteiger charge is 2.26. The third-order valence-corrected chi connectivity index (χ3v) is 3.85. The minimum atomic E-state index is -0.556. The number of nitrogens with two attached hydrogens (primary N) is 1. The van der Waals surface area contributed by atoms with E-state index in [9.17, 15) is 19.2 Å². The van der Waals surface area contributed by atoms with Crippen molar-refractivity contribution in [3.05, 3.63) is 32.6 Å². The molecule has 5 N–H and O–H groups in total. The van der Waals surface area contributed by atoms with E-state index in [1.165, 1.54) is 6.20 Å². The Morgan fingerprint density at radius 3 is 2.87 bits per heavy atom. The summed E-state index contributed by atoms with van der Waals surface area (Å²) in [6.45, 7) is 1.74. The van der Waals surface area contributed by atoms with Crippen LogP contribution < -0.4 is 22.3 Å². The number of piperidine rings is 1. The van der Waals surface area contributed by atoms with Gasteiger partial charge in [-0.05, 0) is 25.8 Å². The molecule has 1 aliphatic heterocycles. The van der Waals surface area contributed by atoms with Crippen LogP contribution >= 0.6 is 0 Å². The number of carbonyl (C=O) groups is 2. The summed E-state index contributed by atoms with van der Waals surface area (Å²) in [7, 11) is 0. The van der Waals surface area contributed by atoms with E-state index < -0.39 is 17.2 Å². The molecule has 2 heterocycles. The van der Waals surface area contributed by atoms with Crippen LogP contribution in [-0.2, 0) is 16.0 Å². The molecule has 2 amide bonds. The largest absolute Gasteiger partial charge is 0.369 e. The van der Waals surface area contributed by atoms with Crippen LogP contribution in [-0.4, -0.2) is 52.9 Å². The van der Waals surface area contributed by atoms with E-state index in [4.69, 9.17) is 5.73 Å². The molecule has 0 saturated carbocycles. The molecule has 9 nitrogen and oxygen atoms in total. The van der Waals surface area contributed by atoms with Gasteiger partial charge in [-0.3, -0.25) is 24.3 Å². The van der Waals surface area contributed by atoms with Gasteiger partial charge in [-0.25, -0.2) is 4.79 Å². The lowest BCUT2D eigenvalue weighted by atomic mass is 9.97. The number of likely N-dealkylation sites (tertiary alicyclic amines) is 1. The third-order valence-electron chi connectivity index (χ3n) is 3.85. The summed E-state index contributed by atoms with van der Waals surface area (Å²) in [5.74, 6) is -0.680. The van der Waals surface area contributed by atoms with E-state index in [2.05, 4.69) is 15.3 Å². The van der Waals surface area contributed by atoms with Gasteiger partial charge in [0.25, 0.3) is 5.56 Å². The smallest absolute Gasteiger partial charge is 0.325 e. The summed E-state index contributed by atoms with van der Waals surface area (Å²) in [5.41, 5.74) is 4.58. The van der Waals surface area contributed by atoms with Gasteiger partial charge in [-0.2, -0.15) is 0 Å². The van der Waals surface area contributed by atoms with Gasteiger partial charge in [-0.1, -0.05) is 0 Å². The molecule has 9 heteroatoms. The maximum absolute atomic E-state index is 12.2. The molecule has 0 aromatic carbocycles. The fourth-order valence-corrected chi connectivity index (χ4v) is 2.72. The molecule has 23 heavy (non-hydrogen) atoms. The number of aromatic amines is 2. The number of primary amides is 1. The number of nitrogens with zero attached hydrogens (tertiary/aromatic N) is 1. The maximum atomic E-state index is 12.2. The second-order valence-electron chi connectivity index (χ2n) is 5.68. The van der Waals surface area contributed by atoms with Gasteiger partial charge < -0.3 is 16.0 Å². The minimum absolute atomic E-state index is 0.0972. The first-order valence-electron chi connectivity index (χ1n) is 7.55. The van der Waals surface area contributed by atoms with Gasteiger partial charge in [0.1, 0.15) is 0 Å². The molecule has 2 rings (SSSR count). The molecule has 1 aromatic rings. The van der Waals surface area contributed by atoms with Gasteiger partial charge >= 0.3 is 5.69 Å². The molecule has 0 spiro atoms. The van der Waals surface area contributed by atoms with E-state index in [-0.39, 0.29) is 18.4 Å². The highest BCUT2D eigenvalue weighted by atomic mass is 16.2. The Morgan fingerprint density at radius 1 is 1.39 bits per heavy atom. The second kappa shape index (κ2) is 7.73. The summed E-state index contributed by atoms with van der Waals surface area (Å²) in [5, 5.41) is 2.79. The van der Waals surface area contributed by atoms with E-state index in [1.807, 2.05) is 4.90 Å². The van der Waals surface area contributed by atoms with Crippen molar-refractivity contribution in [2.24, 2.45) is 11.7 Å². The summed E-state index contributed by atoms with van der Waals surface area (Å²) in [6.07, 6.45) is 3.28. The van der Waals surface area contributed by atoms with Gasteiger partial charge in [0.15, 0.2) is 0 Å². The SMILES string of the molecule is NC(=O)CN1CCCC(C(=O)NCCc2c[nH]c(=O)[nH]c2=O)C1. The maximum Gasteiger partial charge on any atom is 0.325 e. The average Bonchev–Trinajstić information content (AvgIpc) is 2.49. The lowest BCUT2D eigenvalue weighted by Crippen LogP contribution is -2.46. The first-order chi connectivity index (χ1) is 11.0. The molecule has 1 aromatic heterocycles. The number of aromatic nitrogens is 2. The quantitative estimate of drug-likeness (QED) is 0.475. The topological polar surface area (TPSA) is 141 Å². The third kappa shape index (κ3) is 5.06. The van der Waals surface area contributed by atoms with Crippen molar-refractivity contribution in [3.63, 3.8) is 0 Å².